The van der Waals surface area contributed by atoms with Gasteiger partial charge in [-0.05, 0) is 18.6 Å². The summed E-state index contributed by atoms with van der Waals surface area (Å²) in [5.74, 6) is -0.258. The van der Waals surface area contributed by atoms with E-state index in [0.717, 1.165) is 12.8 Å². The minimum atomic E-state index is -0.258. The molecular formula is C13H16O3. The van der Waals surface area contributed by atoms with Gasteiger partial charge in [0.25, 0.3) is 0 Å². The average molecular weight is 220 g/mol. The van der Waals surface area contributed by atoms with Gasteiger partial charge in [-0.2, -0.15) is 0 Å². The third kappa shape index (κ3) is 2.61. The van der Waals surface area contributed by atoms with E-state index in [-0.39, 0.29) is 18.2 Å². The molecule has 3 heteroatoms. The van der Waals surface area contributed by atoms with E-state index in [0.29, 0.717) is 12.2 Å². The van der Waals surface area contributed by atoms with Crippen LogP contribution in [0.1, 0.15) is 30.1 Å². The van der Waals surface area contributed by atoms with Crippen LogP contribution in [0.4, 0.5) is 0 Å². The normalized spacial score (nSPS) is 24.3. The fourth-order valence-corrected chi connectivity index (χ4v) is 1.83. The van der Waals surface area contributed by atoms with E-state index in [4.69, 9.17) is 9.47 Å². The van der Waals surface area contributed by atoms with E-state index in [1.54, 1.807) is 12.1 Å². The highest BCUT2D eigenvalue weighted by atomic mass is 16.6. The van der Waals surface area contributed by atoms with Crippen molar-refractivity contribution >= 4 is 5.97 Å². The molecule has 0 radical (unpaired) electrons. The van der Waals surface area contributed by atoms with Crippen molar-refractivity contribution in [2.75, 3.05) is 6.61 Å². The molecule has 86 valence electrons. The Labute approximate surface area is 95.4 Å². The zero-order valence-corrected chi connectivity index (χ0v) is 9.39. The first-order chi connectivity index (χ1) is 7.79. The Kier molecular flexibility index (Phi) is 3.57. The van der Waals surface area contributed by atoms with Crippen molar-refractivity contribution in [3.8, 4) is 0 Å². The molecule has 1 aliphatic heterocycles. The van der Waals surface area contributed by atoms with Gasteiger partial charge in [-0.15, -0.1) is 0 Å². The van der Waals surface area contributed by atoms with Crippen LogP contribution in [0, 0.1) is 0 Å². The Morgan fingerprint density at radius 1 is 1.44 bits per heavy atom. The number of rotatable bonds is 3. The van der Waals surface area contributed by atoms with Crippen LogP contribution in [0.25, 0.3) is 0 Å². The quantitative estimate of drug-likeness (QED) is 0.734. The third-order valence-electron chi connectivity index (χ3n) is 2.78. The number of ether oxygens (including phenoxy) is 2. The summed E-state index contributed by atoms with van der Waals surface area (Å²) in [5.41, 5.74) is 0.599. The van der Waals surface area contributed by atoms with E-state index in [1.165, 1.54) is 0 Å². The molecule has 3 nitrogen and oxygen atoms in total. The molecule has 0 N–H and O–H groups in total. The Morgan fingerprint density at radius 2 is 2.19 bits per heavy atom. The fourth-order valence-electron chi connectivity index (χ4n) is 1.83. The van der Waals surface area contributed by atoms with E-state index >= 15 is 0 Å². The molecule has 1 aliphatic rings. The second-order valence-electron chi connectivity index (χ2n) is 3.99. The molecule has 0 spiro atoms. The van der Waals surface area contributed by atoms with E-state index in [9.17, 15) is 4.79 Å². The van der Waals surface area contributed by atoms with Crippen LogP contribution >= 0.6 is 0 Å². The Bertz CT molecular complexity index is 347. The summed E-state index contributed by atoms with van der Waals surface area (Å²) in [4.78, 5) is 11.7. The summed E-state index contributed by atoms with van der Waals surface area (Å²) in [6.45, 7) is 2.60. The number of esters is 1. The predicted molar refractivity (Wildman–Crippen MR) is 60.3 cm³/mol. The summed E-state index contributed by atoms with van der Waals surface area (Å²) in [6.07, 6.45) is 1.94. The second kappa shape index (κ2) is 5.12. The molecule has 1 fully saturated rings. The number of benzene rings is 1. The van der Waals surface area contributed by atoms with E-state index in [1.807, 2.05) is 18.2 Å². The maximum absolute atomic E-state index is 11.7. The van der Waals surface area contributed by atoms with Crippen molar-refractivity contribution in [2.24, 2.45) is 0 Å². The van der Waals surface area contributed by atoms with Crippen LogP contribution in [0.15, 0.2) is 30.3 Å². The molecule has 0 unspecified atom stereocenters. The fraction of sp³-hybridized carbons (Fsp3) is 0.462. The average Bonchev–Trinajstić information content (AvgIpc) is 2.78. The smallest absolute Gasteiger partial charge is 0.338 e. The van der Waals surface area contributed by atoms with Crippen molar-refractivity contribution in [3.05, 3.63) is 35.9 Å². The van der Waals surface area contributed by atoms with Crippen molar-refractivity contribution in [1.29, 1.82) is 0 Å². The number of carbonyl (C=O) groups is 1. The zero-order chi connectivity index (χ0) is 11.4. The van der Waals surface area contributed by atoms with Crippen molar-refractivity contribution < 1.29 is 14.3 Å². The number of hydrogen-bond acceptors (Lipinski definition) is 3. The maximum Gasteiger partial charge on any atom is 0.338 e. The van der Waals surface area contributed by atoms with Crippen LogP contribution in [0.2, 0.25) is 0 Å². The molecule has 0 aliphatic carbocycles. The summed E-state index contributed by atoms with van der Waals surface area (Å²) >= 11 is 0. The molecule has 1 aromatic rings. The molecule has 0 bridgehead atoms. The molecule has 1 heterocycles. The van der Waals surface area contributed by atoms with Crippen LogP contribution in [-0.2, 0) is 9.47 Å². The Hall–Kier alpha value is -1.35. The lowest BCUT2D eigenvalue weighted by atomic mass is 10.1. The number of hydrogen-bond donors (Lipinski definition) is 0. The van der Waals surface area contributed by atoms with Gasteiger partial charge in [-0.25, -0.2) is 4.79 Å². The molecule has 2 rings (SSSR count). The second-order valence-corrected chi connectivity index (χ2v) is 3.99. The van der Waals surface area contributed by atoms with Gasteiger partial charge < -0.3 is 9.47 Å². The molecule has 0 saturated carbocycles. The van der Waals surface area contributed by atoms with Gasteiger partial charge in [0.1, 0.15) is 6.10 Å². The number of carbonyl (C=O) groups excluding carboxylic acids is 1. The SMILES string of the molecule is CC[C@@H]1C[C@@H](OC(=O)c2ccccc2)CO1. The highest BCUT2D eigenvalue weighted by Gasteiger charge is 2.27. The first kappa shape index (κ1) is 11.1. The molecule has 0 aromatic heterocycles. The summed E-state index contributed by atoms with van der Waals surface area (Å²) < 4.78 is 10.8. The predicted octanol–water partition coefficient (Wildman–Crippen LogP) is 2.41. The topological polar surface area (TPSA) is 35.5 Å². The van der Waals surface area contributed by atoms with Crippen LogP contribution in [0.5, 0.6) is 0 Å². The van der Waals surface area contributed by atoms with Crippen LogP contribution in [0.3, 0.4) is 0 Å². The summed E-state index contributed by atoms with van der Waals surface area (Å²) in [7, 11) is 0. The highest BCUT2D eigenvalue weighted by Crippen LogP contribution is 2.19. The van der Waals surface area contributed by atoms with Gasteiger partial charge >= 0.3 is 5.97 Å². The Balaban J connectivity index is 1.89. The van der Waals surface area contributed by atoms with Gasteiger partial charge in [0, 0.05) is 6.42 Å². The van der Waals surface area contributed by atoms with E-state index < -0.39 is 0 Å². The first-order valence-electron chi connectivity index (χ1n) is 5.67. The lowest BCUT2D eigenvalue weighted by Crippen LogP contribution is -2.18. The van der Waals surface area contributed by atoms with Gasteiger partial charge in [0.05, 0.1) is 18.3 Å². The first-order valence-corrected chi connectivity index (χ1v) is 5.67. The van der Waals surface area contributed by atoms with Crippen LogP contribution < -0.4 is 0 Å². The van der Waals surface area contributed by atoms with Gasteiger partial charge in [-0.1, -0.05) is 25.1 Å². The summed E-state index contributed by atoms with van der Waals surface area (Å²) in [6, 6.07) is 9.06. The maximum atomic E-state index is 11.7. The van der Waals surface area contributed by atoms with Gasteiger partial charge in [-0.3, -0.25) is 0 Å². The van der Waals surface area contributed by atoms with Gasteiger partial charge in [0.15, 0.2) is 0 Å². The highest BCUT2D eigenvalue weighted by molar-refractivity contribution is 5.89. The Morgan fingerprint density at radius 3 is 2.81 bits per heavy atom. The molecule has 2 atom stereocenters. The molecular weight excluding hydrogens is 204 g/mol. The zero-order valence-electron chi connectivity index (χ0n) is 9.39. The third-order valence-corrected chi connectivity index (χ3v) is 2.78. The lowest BCUT2D eigenvalue weighted by molar-refractivity contribution is 0.0254. The molecule has 1 aromatic carbocycles. The summed E-state index contributed by atoms with van der Waals surface area (Å²) in [5, 5.41) is 0. The van der Waals surface area contributed by atoms with E-state index in [2.05, 4.69) is 6.92 Å². The molecule has 16 heavy (non-hydrogen) atoms. The largest absolute Gasteiger partial charge is 0.456 e. The lowest BCUT2D eigenvalue weighted by Gasteiger charge is -2.10. The standard InChI is InChI=1S/C13H16O3/c1-2-11-8-12(9-15-11)16-13(14)10-6-4-3-5-7-10/h3-7,11-12H,2,8-9H2,1H3/t11-,12-/m1/s1. The van der Waals surface area contributed by atoms with Gasteiger partial charge in [0.2, 0.25) is 0 Å². The minimum absolute atomic E-state index is 0.0855. The molecule has 1 saturated heterocycles. The van der Waals surface area contributed by atoms with Crippen molar-refractivity contribution in [3.63, 3.8) is 0 Å². The van der Waals surface area contributed by atoms with Crippen molar-refractivity contribution in [2.45, 2.75) is 32.0 Å². The minimum Gasteiger partial charge on any atom is -0.456 e. The monoisotopic (exact) mass is 220 g/mol. The van der Waals surface area contributed by atoms with Crippen molar-refractivity contribution in [1.82, 2.24) is 0 Å². The van der Waals surface area contributed by atoms with Crippen LogP contribution in [-0.4, -0.2) is 24.8 Å². The molecule has 0 amide bonds.